The highest BCUT2D eigenvalue weighted by Crippen LogP contribution is 2.23. The molecule has 3 rings (SSSR count). The predicted molar refractivity (Wildman–Crippen MR) is 104 cm³/mol. The number of amides is 2. The maximum absolute atomic E-state index is 12.8. The molecule has 2 aliphatic rings. The number of ether oxygens (including phenoxy) is 1. The largest absolute Gasteiger partial charge is 0.496 e. The second-order valence-corrected chi connectivity index (χ2v) is 9.27. The van der Waals surface area contributed by atoms with E-state index in [1.165, 1.54) is 10.6 Å². The summed E-state index contributed by atoms with van der Waals surface area (Å²) in [7, 11) is -1.61. The molecule has 1 aromatic carbocycles. The van der Waals surface area contributed by atoms with Crippen molar-refractivity contribution in [3.05, 3.63) is 29.8 Å². The molecule has 1 atom stereocenters. The molecule has 1 unspecified atom stereocenters. The van der Waals surface area contributed by atoms with Gasteiger partial charge in [-0.05, 0) is 18.1 Å². The molecule has 2 amide bonds. The van der Waals surface area contributed by atoms with E-state index in [0.29, 0.717) is 45.7 Å². The fraction of sp³-hybridized carbons (Fsp3) is 0.579. The number of methoxy groups -OCH3 is 1. The number of carbonyl (C=O) groups excluding carboxylic acids is 2. The van der Waals surface area contributed by atoms with Crippen molar-refractivity contribution in [3.63, 3.8) is 0 Å². The van der Waals surface area contributed by atoms with Crippen LogP contribution < -0.4 is 4.74 Å². The fourth-order valence-electron chi connectivity index (χ4n) is 3.82. The normalized spacial score (nSPS) is 21.2. The Balaban J connectivity index is 1.53. The topological polar surface area (TPSA) is 87.2 Å². The first-order valence-electron chi connectivity index (χ1n) is 9.43. The molecule has 28 heavy (non-hydrogen) atoms. The number of piperazine rings is 1. The third-order valence-corrected chi connectivity index (χ3v) is 6.73. The molecule has 2 fully saturated rings. The van der Waals surface area contributed by atoms with Crippen molar-refractivity contribution in [3.8, 4) is 5.75 Å². The molecule has 0 saturated carbocycles. The molecule has 1 aromatic rings. The van der Waals surface area contributed by atoms with Gasteiger partial charge in [0.1, 0.15) is 5.75 Å². The first-order chi connectivity index (χ1) is 13.3. The van der Waals surface area contributed by atoms with Crippen LogP contribution in [0.3, 0.4) is 0 Å². The van der Waals surface area contributed by atoms with Gasteiger partial charge in [-0.15, -0.1) is 0 Å². The van der Waals surface area contributed by atoms with E-state index in [0.717, 1.165) is 11.3 Å². The minimum absolute atomic E-state index is 0.0111. The lowest BCUT2D eigenvalue weighted by molar-refractivity contribution is -0.137. The van der Waals surface area contributed by atoms with Crippen LogP contribution in [0.25, 0.3) is 0 Å². The zero-order valence-corrected chi connectivity index (χ0v) is 17.2. The molecule has 0 bridgehead atoms. The number of nitrogens with zero attached hydrogens (tertiary/aromatic N) is 3. The lowest BCUT2D eigenvalue weighted by Gasteiger charge is -2.34. The van der Waals surface area contributed by atoms with E-state index in [4.69, 9.17) is 4.74 Å². The van der Waals surface area contributed by atoms with Gasteiger partial charge in [0.25, 0.3) is 0 Å². The van der Waals surface area contributed by atoms with Crippen molar-refractivity contribution in [2.24, 2.45) is 5.92 Å². The minimum Gasteiger partial charge on any atom is -0.496 e. The van der Waals surface area contributed by atoms with Crippen LogP contribution in [0.2, 0.25) is 0 Å². The summed E-state index contributed by atoms with van der Waals surface area (Å²) in [5.74, 6) is 0.379. The Hall–Kier alpha value is -2.13. The Kier molecular flexibility index (Phi) is 6.24. The third kappa shape index (κ3) is 4.64. The summed E-state index contributed by atoms with van der Waals surface area (Å²) >= 11 is 0. The van der Waals surface area contributed by atoms with Gasteiger partial charge in [-0.3, -0.25) is 9.59 Å². The molecule has 2 aliphatic heterocycles. The van der Waals surface area contributed by atoms with Crippen molar-refractivity contribution < 1.29 is 22.7 Å². The SMILES string of the molecule is COc1ccccc1CCN1CC(C(=O)N2CCN(S(C)(=O)=O)CC2)CC1=O. The van der Waals surface area contributed by atoms with Crippen molar-refractivity contribution >= 4 is 21.8 Å². The number of sulfonamides is 1. The van der Waals surface area contributed by atoms with Gasteiger partial charge in [0.05, 0.1) is 19.3 Å². The van der Waals surface area contributed by atoms with Crippen LogP contribution in [0.15, 0.2) is 24.3 Å². The van der Waals surface area contributed by atoms with E-state index < -0.39 is 10.0 Å². The maximum Gasteiger partial charge on any atom is 0.228 e. The zero-order chi connectivity index (χ0) is 20.3. The third-order valence-electron chi connectivity index (χ3n) is 5.43. The van der Waals surface area contributed by atoms with Crippen LogP contribution in [-0.2, 0) is 26.0 Å². The fourth-order valence-corrected chi connectivity index (χ4v) is 4.64. The van der Waals surface area contributed by atoms with Crippen molar-refractivity contribution in [2.75, 3.05) is 52.6 Å². The highest BCUT2D eigenvalue weighted by Gasteiger charge is 2.37. The van der Waals surface area contributed by atoms with Gasteiger partial charge >= 0.3 is 0 Å². The van der Waals surface area contributed by atoms with Crippen molar-refractivity contribution in [2.45, 2.75) is 12.8 Å². The molecule has 2 saturated heterocycles. The first kappa shape index (κ1) is 20.6. The predicted octanol–water partition coefficient (Wildman–Crippen LogP) is 0.190. The van der Waals surface area contributed by atoms with Crippen LogP contribution in [0, 0.1) is 5.92 Å². The number of hydrogen-bond donors (Lipinski definition) is 0. The van der Waals surface area contributed by atoms with Gasteiger partial charge < -0.3 is 14.5 Å². The molecule has 0 aliphatic carbocycles. The summed E-state index contributed by atoms with van der Waals surface area (Å²) in [5.41, 5.74) is 1.03. The van der Waals surface area contributed by atoms with Gasteiger partial charge in [0.15, 0.2) is 0 Å². The molecule has 0 spiro atoms. The maximum atomic E-state index is 12.8. The van der Waals surface area contributed by atoms with E-state index >= 15 is 0 Å². The summed E-state index contributed by atoms with van der Waals surface area (Å²) in [4.78, 5) is 28.6. The minimum atomic E-state index is -3.23. The average Bonchev–Trinajstić information content (AvgIpc) is 3.06. The van der Waals surface area contributed by atoms with Crippen molar-refractivity contribution in [1.29, 1.82) is 0 Å². The van der Waals surface area contributed by atoms with E-state index in [1.54, 1.807) is 16.9 Å². The average molecular weight is 410 g/mol. The van der Waals surface area contributed by atoms with Gasteiger partial charge in [-0.1, -0.05) is 18.2 Å². The van der Waals surface area contributed by atoms with E-state index in [9.17, 15) is 18.0 Å². The Morgan fingerprint density at radius 2 is 1.86 bits per heavy atom. The smallest absolute Gasteiger partial charge is 0.228 e. The molecular weight excluding hydrogens is 382 g/mol. The zero-order valence-electron chi connectivity index (χ0n) is 16.3. The van der Waals surface area contributed by atoms with Gasteiger partial charge in [0, 0.05) is 45.7 Å². The lowest BCUT2D eigenvalue weighted by atomic mass is 10.1. The summed E-state index contributed by atoms with van der Waals surface area (Å²) < 4.78 is 29.9. The van der Waals surface area contributed by atoms with Gasteiger partial charge in [-0.25, -0.2) is 8.42 Å². The Morgan fingerprint density at radius 1 is 1.18 bits per heavy atom. The molecule has 2 heterocycles. The van der Waals surface area contributed by atoms with Crippen LogP contribution in [-0.4, -0.2) is 87.0 Å². The molecule has 154 valence electrons. The number of para-hydroxylation sites is 1. The number of hydrogen-bond acceptors (Lipinski definition) is 5. The summed E-state index contributed by atoms with van der Waals surface area (Å²) in [6.07, 6.45) is 2.07. The summed E-state index contributed by atoms with van der Waals surface area (Å²) in [6.45, 7) is 2.32. The second kappa shape index (κ2) is 8.48. The van der Waals surface area contributed by atoms with Crippen LogP contribution in [0.5, 0.6) is 5.75 Å². The Bertz CT molecular complexity index is 834. The van der Waals surface area contributed by atoms with Gasteiger partial charge in [0.2, 0.25) is 21.8 Å². The standard InChI is InChI=1S/C19H27N3O5S/c1-27-17-6-4-3-5-15(17)7-8-21-14-16(13-18(21)23)19(24)20-9-11-22(12-10-20)28(2,25)26/h3-6,16H,7-14H2,1-2H3. The summed E-state index contributed by atoms with van der Waals surface area (Å²) in [5, 5.41) is 0. The Labute approximate surface area is 166 Å². The second-order valence-electron chi connectivity index (χ2n) is 7.29. The molecule has 0 radical (unpaired) electrons. The summed E-state index contributed by atoms with van der Waals surface area (Å²) in [6, 6.07) is 7.71. The van der Waals surface area contributed by atoms with E-state index in [1.807, 2.05) is 24.3 Å². The number of likely N-dealkylation sites (tertiary alicyclic amines) is 1. The number of rotatable bonds is 6. The lowest BCUT2D eigenvalue weighted by Crippen LogP contribution is -2.51. The quantitative estimate of drug-likeness (QED) is 0.669. The van der Waals surface area contributed by atoms with E-state index in [-0.39, 0.29) is 24.2 Å². The first-order valence-corrected chi connectivity index (χ1v) is 11.3. The van der Waals surface area contributed by atoms with Crippen LogP contribution >= 0.6 is 0 Å². The monoisotopic (exact) mass is 409 g/mol. The van der Waals surface area contributed by atoms with Gasteiger partial charge in [-0.2, -0.15) is 4.31 Å². The van der Waals surface area contributed by atoms with Crippen molar-refractivity contribution in [1.82, 2.24) is 14.1 Å². The van der Waals surface area contributed by atoms with E-state index in [2.05, 4.69) is 0 Å². The molecule has 0 N–H and O–H groups in total. The molecule has 9 heteroatoms. The van der Waals surface area contributed by atoms with Crippen LogP contribution in [0.1, 0.15) is 12.0 Å². The molecular formula is C19H27N3O5S. The van der Waals surface area contributed by atoms with Crippen LogP contribution in [0.4, 0.5) is 0 Å². The molecule has 8 nitrogen and oxygen atoms in total. The number of carbonyl (C=O) groups is 2. The molecule has 0 aromatic heterocycles. The highest BCUT2D eigenvalue weighted by atomic mass is 32.2. The highest BCUT2D eigenvalue weighted by molar-refractivity contribution is 7.88. The Morgan fingerprint density at radius 3 is 2.50 bits per heavy atom. The number of benzene rings is 1.